The summed E-state index contributed by atoms with van der Waals surface area (Å²) in [5.74, 6) is 0.609. The predicted molar refractivity (Wildman–Crippen MR) is 75.2 cm³/mol. The molecular formula is C11H19N3O5S. The molecule has 0 aromatic carbocycles. The third-order valence-corrected chi connectivity index (χ3v) is 3.87. The summed E-state index contributed by atoms with van der Waals surface area (Å²) in [4.78, 5) is 15.3. The topological polar surface area (TPSA) is 142 Å². The Hall–Kier alpha value is -1.13. The highest BCUT2D eigenvalue weighted by molar-refractivity contribution is 7.99. The highest BCUT2D eigenvalue weighted by Crippen LogP contribution is 2.27. The number of aliphatic hydroxyl groups excluding tert-OH is 4. The Bertz CT molecular complexity index is 483. The second kappa shape index (κ2) is 7.60. The normalized spacial score (nSPS) is 17.4. The molecule has 1 rings (SSSR count). The molecule has 0 spiro atoms. The van der Waals surface area contributed by atoms with Crippen molar-refractivity contribution in [2.24, 2.45) is 0 Å². The van der Waals surface area contributed by atoms with E-state index in [1.165, 1.54) is 24.0 Å². The van der Waals surface area contributed by atoms with Crippen LogP contribution in [0, 0.1) is 0 Å². The SMILES string of the molecule is CCSC(C(O)C(O)C(O)CO)n1ccc(N)nc1=O. The van der Waals surface area contributed by atoms with Crippen LogP contribution in [-0.2, 0) is 0 Å². The minimum Gasteiger partial charge on any atom is -0.394 e. The van der Waals surface area contributed by atoms with Crippen LogP contribution < -0.4 is 11.4 Å². The number of thioether (sulfide) groups is 1. The summed E-state index contributed by atoms with van der Waals surface area (Å²) in [6.07, 6.45) is -3.18. The minimum atomic E-state index is -1.59. The van der Waals surface area contributed by atoms with Gasteiger partial charge < -0.3 is 26.2 Å². The Labute approximate surface area is 119 Å². The van der Waals surface area contributed by atoms with Gasteiger partial charge in [0, 0.05) is 6.20 Å². The van der Waals surface area contributed by atoms with Gasteiger partial charge in [-0.05, 0) is 11.8 Å². The fraction of sp³-hybridized carbons (Fsp3) is 0.636. The summed E-state index contributed by atoms with van der Waals surface area (Å²) in [7, 11) is 0. The van der Waals surface area contributed by atoms with E-state index in [2.05, 4.69) is 4.98 Å². The largest absolute Gasteiger partial charge is 0.394 e. The van der Waals surface area contributed by atoms with Crippen molar-refractivity contribution < 1.29 is 20.4 Å². The number of aromatic nitrogens is 2. The van der Waals surface area contributed by atoms with Crippen LogP contribution in [0.15, 0.2) is 17.1 Å². The molecular weight excluding hydrogens is 286 g/mol. The maximum absolute atomic E-state index is 11.8. The molecule has 1 heterocycles. The summed E-state index contributed by atoms with van der Waals surface area (Å²) in [5.41, 5.74) is 4.73. The lowest BCUT2D eigenvalue weighted by molar-refractivity contribution is -0.0821. The number of hydrogen-bond donors (Lipinski definition) is 5. The smallest absolute Gasteiger partial charge is 0.350 e. The van der Waals surface area contributed by atoms with Crippen LogP contribution in [0.4, 0.5) is 5.82 Å². The quantitative estimate of drug-likeness (QED) is 0.395. The molecule has 0 radical (unpaired) electrons. The molecule has 1 aromatic rings. The number of nitrogens with zero attached hydrogens (tertiary/aromatic N) is 2. The lowest BCUT2D eigenvalue weighted by Crippen LogP contribution is -2.45. The molecule has 114 valence electrons. The predicted octanol–water partition coefficient (Wildman–Crippen LogP) is -1.85. The molecule has 0 saturated heterocycles. The molecule has 9 heteroatoms. The Morgan fingerprint density at radius 2 is 2.05 bits per heavy atom. The molecule has 0 fully saturated rings. The molecule has 1 aromatic heterocycles. The number of nitrogens with two attached hydrogens (primary N) is 1. The van der Waals surface area contributed by atoms with Gasteiger partial charge in [0.05, 0.1) is 6.61 Å². The van der Waals surface area contributed by atoms with Crippen LogP contribution in [0.25, 0.3) is 0 Å². The molecule has 4 unspecified atom stereocenters. The van der Waals surface area contributed by atoms with E-state index in [0.29, 0.717) is 5.75 Å². The van der Waals surface area contributed by atoms with E-state index in [1.807, 2.05) is 6.92 Å². The molecule has 0 bridgehead atoms. The third kappa shape index (κ3) is 3.93. The summed E-state index contributed by atoms with van der Waals surface area (Å²) < 4.78 is 1.13. The Balaban J connectivity index is 3.07. The molecule has 0 aliphatic carbocycles. The van der Waals surface area contributed by atoms with Crippen molar-refractivity contribution in [3.63, 3.8) is 0 Å². The van der Waals surface area contributed by atoms with E-state index >= 15 is 0 Å². The van der Waals surface area contributed by atoms with Crippen LogP contribution >= 0.6 is 11.8 Å². The summed E-state index contributed by atoms with van der Waals surface area (Å²) >= 11 is 1.19. The van der Waals surface area contributed by atoms with Crippen molar-refractivity contribution in [1.82, 2.24) is 9.55 Å². The molecule has 0 aliphatic heterocycles. The maximum atomic E-state index is 11.8. The Kier molecular flexibility index (Phi) is 6.43. The second-order valence-electron chi connectivity index (χ2n) is 4.12. The lowest BCUT2D eigenvalue weighted by atomic mass is 10.1. The van der Waals surface area contributed by atoms with Crippen molar-refractivity contribution in [3.05, 3.63) is 22.7 Å². The van der Waals surface area contributed by atoms with Crippen LogP contribution in [-0.4, -0.2) is 60.6 Å². The van der Waals surface area contributed by atoms with Crippen LogP contribution in [0.1, 0.15) is 12.3 Å². The molecule has 20 heavy (non-hydrogen) atoms. The van der Waals surface area contributed by atoms with Crippen molar-refractivity contribution in [3.8, 4) is 0 Å². The van der Waals surface area contributed by atoms with Gasteiger partial charge in [-0.25, -0.2) is 4.79 Å². The van der Waals surface area contributed by atoms with Gasteiger partial charge in [-0.3, -0.25) is 4.57 Å². The van der Waals surface area contributed by atoms with Gasteiger partial charge in [0.15, 0.2) is 0 Å². The van der Waals surface area contributed by atoms with E-state index in [0.717, 1.165) is 4.57 Å². The van der Waals surface area contributed by atoms with Gasteiger partial charge in [-0.1, -0.05) is 6.92 Å². The number of anilines is 1. The van der Waals surface area contributed by atoms with Crippen LogP contribution in [0.3, 0.4) is 0 Å². The van der Waals surface area contributed by atoms with Gasteiger partial charge in [0.2, 0.25) is 0 Å². The first-order valence-corrected chi connectivity index (χ1v) is 7.08. The first-order chi connectivity index (χ1) is 9.42. The second-order valence-corrected chi connectivity index (χ2v) is 5.51. The zero-order valence-electron chi connectivity index (χ0n) is 11.0. The summed E-state index contributed by atoms with van der Waals surface area (Å²) in [6, 6.07) is 1.40. The third-order valence-electron chi connectivity index (χ3n) is 2.69. The number of hydrogen-bond acceptors (Lipinski definition) is 8. The molecule has 6 N–H and O–H groups in total. The summed E-state index contributed by atoms with van der Waals surface area (Å²) in [6.45, 7) is 1.12. The van der Waals surface area contributed by atoms with Crippen molar-refractivity contribution >= 4 is 17.6 Å². The maximum Gasteiger partial charge on any atom is 0.350 e. The van der Waals surface area contributed by atoms with Crippen LogP contribution in [0.5, 0.6) is 0 Å². The molecule has 8 nitrogen and oxygen atoms in total. The van der Waals surface area contributed by atoms with Gasteiger partial charge in [0.25, 0.3) is 0 Å². The molecule has 4 atom stereocenters. The van der Waals surface area contributed by atoms with Gasteiger partial charge in [0.1, 0.15) is 29.5 Å². The number of nitrogen functional groups attached to an aromatic ring is 1. The zero-order chi connectivity index (χ0) is 15.3. The fourth-order valence-electron chi connectivity index (χ4n) is 1.64. The summed E-state index contributed by atoms with van der Waals surface area (Å²) in [5, 5.41) is 37.2. The number of rotatable bonds is 7. The van der Waals surface area contributed by atoms with E-state index in [4.69, 9.17) is 10.8 Å². The fourth-order valence-corrected chi connectivity index (χ4v) is 2.66. The lowest BCUT2D eigenvalue weighted by Gasteiger charge is -2.29. The van der Waals surface area contributed by atoms with Gasteiger partial charge in [-0.15, -0.1) is 11.8 Å². The molecule has 0 amide bonds. The van der Waals surface area contributed by atoms with Crippen molar-refractivity contribution in [1.29, 1.82) is 0 Å². The standard InChI is InChI=1S/C11H19N3O5S/c1-2-20-10(9(18)8(17)6(16)5-15)14-4-3-7(12)13-11(14)19/h3-4,6,8-10,15-18H,2,5H2,1H3,(H2,12,13,19). The first kappa shape index (κ1) is 16.9. The average Bonchev–Trinajstić information content (AvgIpc) is 2.43. The van der Waals surface area contributed by atoms with E-state index in [9.17, 15) is 20.1 Å². The minimum absolute atomic E-state index is 0.0527. The Morgan fingerprint density at radius 1 is 1.40 bits per heavy atom. The highest BCUT2D eigenvalue weighted by Gasteiger charge is 2.32. The van der Waals surface area contributed by atoms with E-state index in [1.54, 1.807) is 0 Å². The number of aliphatic hydroxyl groups is 4. The van der Waals surface area contributed by atoms with Gasteiger partial charge >= 0.3 is 5.69 Å². The van der Waals surface area contributed by atoms with E-state index in [-0.39, 0.29) is 5.82 Å². The van der Waals surface area contributed by atoms with E-state index < -0.39 is 36.0 Å². The highest BCUT2D eigenvalue weighted by atomic mass is 32.2. The van der Waals surface area contributed by atoms with Crippen molar-refractivity contribution in [2.45, 2.75) is 30.6 Å². The molecule has 0 aliphatic rings. The average molecular weight is 305 g/mol. The zero-order valence-corrected chi connectivity index (χ0v) is 11.8. The Morgan fingerprint density at radius 3 is 2.55 bits per heavy atom. The first-order valence-electron chi connectivity index (χ1n) is 6.03. The monoisotopic (exact) mass is 305 g/mol. The van der Waals surface area contributed by atoms with Gasteiger partial charge in [-0.2, -0.15) is 4.98 Å². The molecule has 0 saturated carbocycles. The van der Waals surface area contributed by atoms with Crippen molar-refractivity contribution in [2.75, 3.05) is 18.1 Å². The van der Waals surface area contributed by atoms with Crippen LogP contribution in [0.2, 0.25) is 0 Å².